The van der Waals surface area contributed by atoms with Crippen LogP contribution in [0.5, 0.6) is 11.5 Å². The monoisotopic (exact) mass is 624 g/mol. The van der Waals surface area contributed by atoms with Gasteiger partial charge in [0.15, 0.2) is 17.3 Å². The Morgan fingerprint density at radius 3 is 2.33 bits per heavy atom. The average molecular weight is 625 g/mol. The number of carbonyl (C=O) groups excluding carboxylic acids is 1. The van der Waals surface area contributed by atoms with E-state index in [1.807, 2.05) is 6.08 Å². The molecule has 0 unspecified atom stereocenters. The molecule has 248 valence electrons. The van der Waals surface area contributed by atoms with Gasteiger partial charge in [-0.2, -0.15) is 8.78 Å². The first-order valence-corrected chi connectivity index (χ1v) is 17.5. The molecule has 0 amide bonds. The van der Waals surface area contributed by atoms with Gasteiger partial charge in [-0.3, -0.25) is 4.79 Å². The van der Waals surface area contributed by atoms with Crippen LogP contribution in [0.4, 0.5) is 8.78 Å². The van der Waals surface area contributed by atoms with Gasteiger partial charge in [-0.1, -0.05) is 54.5 Å². The highest BCUT2D eigenvalue weighted by Gasteiger charge is 2.73. The maximum atomic E-state index is 14.2. The summed E-state index contributed by atoms with van der Waals surface area (Å²) in [5, 5.41) is 0. The standard InChI is InChI=1S/C39H54F2O4/c1-34(2)15-17-39-18-16-37(6)25(30(39)32(34)44-22-39)10-12-29-36(5)21-24(31(42)35(3,4)28(36)13-14-38(29,37)7)19-23-9-11-26(45-33(40)41)27(20-23)43-8/h9,11,19-20,25,28-30,32-33H,10,12-18,21-22H2,1-8H3/b24-19+/t25-,28+,29+,30+,32+,36-,37+,38+,39+/m0/s1. The summed E-state index contributed by atoms with van der Waals surface area (Å²) in [6.45, 7) is 15.1. The molecule has 2 bridgehead atoms. The van der Waals surface area contributed by atoms with Crippen molar-refractivity contribution in [2.24, 2.45) is 56.2 Å². The van der Waals surface area contributed by atoms with Gasteiger partial charge in [-0.25, -0.2) is 0 Å². The summed E-state index contributed by atoms with van der Waals surface area (Å²) >= 11 is 0. The van der Waals surface area contributed by atoms with Gasteiger partial charge in [0.1, 0.15) is 0 Å². The maximum Gasteiger partial charge on any atom is 0.387 e. The van der Waals surface area contributed by atoms with Crippen LogP contribution in [0.25, 0.3) is 6.08 Å². The quantitative estimate of drug-likeness (QED) is 0.313. The first kappa shape index (κ1) is 31.6. The van der Waals surface area contributed by atoms with Crippen LogP contribution in [0.3, 0.4) is 0 Å². The van der Waals surface area contributed by atoms with Crippen LogP contribution in [0.1, 0.15) is 112 Å². The van der Waals surface area contributed by atoms with E-state index in [-0.39, 0.29) is 38.9 Å². The van der Waals surface area contributed by atoms with Crippen molar-refractivity contribution in [3.63, 3.8) is 0 Å². The van der Waals surface area contributed by atoms with Crippen LogP contribution in [-0.2, 0) is 9.53 Å². The summed E-state index contributed by atoms with van der Waals surface area (Å²) in [6.07, 6.45) is 13.1. The number of Topliss-reactive ketones (excluding diaryl/α,β-unsaturated/α-hetero) is 1. The van der Waals surface area contributed by atoms with Crippen molar-refractivity contribution in [3.8, 4) is 11.5 Å². The predicted octanol–water partition coefficient (Wildman–Crippen LogP) is 9.75. The fraction of sp³-hybridized carbons (Fsp3) is 0.769. The number of rotatable bonds is 4. The largest absolute Gasteiger partial charge is 0.493 e. The minimum absolute atomic E-state index is 0.000482. The lowest BCUT2D eigenvalue weighted by Crippen LogP contribution is -2.67. The summed E-state index contributed by atoms with van der Waals surface area (Å²) in [5.74, 6) is 2.67. The van der Waals surface area contributed by atoms with E-state index in [1.165, 1.54) is 58.1 Å². The number of methoxy groups -OCH3 is 1. The summed E-state index contributed by atoms with van der Waals surface area (Å²) in [6, 6.07) is 4.97. The van der Waals surface area contributed by atoms with Crippen molar-refractivity contribution in [2.45, 2.75) is 119 Å². The number of allylic oxidation sites excluding steroid dienone is 1. The van der Waals surface area contributed by atoms with Gasteiger partial charge < -0.3 is 14.2 Å². The molecule has 5 saturated carbocycles. The molecule has 5 aliphatic carbocycles. The Labute approximate surface area is 269 Å². The third-order valence-electron chi connectivity index (χ3n) is 15.5. The molecule has 9 atom stereocenters. The highest BCUT2D eigenvalue weighted by molar-refractivity contribution is 6.04. The topological polar surface area (TPSA) is 44.8 Å². The number of alkyl halides is 2. The summed E-state index contributed by atoms with van der Waals surface area (Å²) < 4.78 is 42.7. The number of carbonyl (C=O) groups is 1. The lowest BCUT2D eigenvalue weighted by molar-refractivity contribution is -0.236. The molecular weight excluding hydrogens is 570 g/mol. The molecule has 0 radical (unpaired) electrons. The first-order chi connectivity index (χ1) is 21.0. The fourth-order valence-corrected chi connectivity index (χ4v) is 13.1. The molecule has 7 rings (SSSR count). The Balaban J connectivity index is 1.25. The molecule has 0 aromatic heterocycles. The fourth-order valence-electron chi connectivity index (χ4n) is 13.1. The SMILES string of the molecule is COc1cc(/C=C2\C[C@@]3(C)[C@H](CC[C@]4(C)[C@@H]3CC[C@H]3[C@@H]5[C@H]6OC[C@@]5(CCC6(C)C)CC[C@]34C)C(C)(C)C2=O)ccc1OC(F)F. The third-order valence-corrected chi connectivity index (χ3v) is 15.5. The van der Waals surface area contributed by atoms with E-state index in [0.29, 0.717) is 35.2 Å². The van der Waals surface area contributed by atoms with E-state index in [2.05, 4.69) is 53.2 Å². The number of hydrogen-bond donors (Lipinski definition) is 0. The van der Waals surface area contributed by atoms with E-state index in [9.17, 15) is 13.6 Å². The van der Waals surface area contributed by atoms with Crippen molar-refractivity contribution in [3.05, 3.63) is 29.3 Å². The molecule has 0 N–H and O–H groups in total. The maximum absolute atomic E-state index is 14.2. The highest BCUT2D eigenvalue weighted by Crippen LogP contribution is 2.78. The van der Waals surface area contributed by atoms with Crippen LogP contribution < -0.4 is 9.47 Å². The summed E-state index contributed by atoms with van der Waals surface area (Å²) in [5.41, 5.74) is 2.20. The van der Waals surface area contributed by atoms with Gasteiger partial charge in [-0.05, 0) is 138 Å². The van der Waals surface area contributed by atoms with E-state index < -0.39 is 12.0 Å². The molecule has 45 heavy (non-hydrogen) atoms. The number of benzene rings is 1. The Morgan fingerprint density at radius 2 is 1.62 bits per heavy atom. The smallest absolute Gasteiger partial charge is 0.387 e. The summed E-state index contributed by atoms with van der Waals surface area (Å²) in [7, 11) is 1.45. The van der Waals surface area contributed by atoms with Crippen molar-refractivity contribution < 1.29 is 27.8 Å². The normalized spacial score (nSPS) is 45.4. The lowest BCUT2D eigenvalue weighted by Gasteiger charge is -2.73. The van der Waals surface area contributed by atoms with Crippen LogP contribution in [-0.4, -0.2) is 32.2 Å². The minimum atomic E-state index is -2.93. The van der Waals surface area contributed by atoms with Gasteiger partial charge in [0.25, 0.3) is 0 Å². The molecule has 6 aliphatic rings. The van der Waals surface area contributed by atoms with Crippen LogP contribution >= 0.6 is 0 Å². The van der Waals surface area contributed by atoms with E-state index in [0.717, 1.165) is 30.6 Å². The second-order valence-corrected chi connectivity index (χ2v) is 18.0. The highest BCUT2D eigenvalue weighted by atomic mass is 19.3. The Kier molecular flexibility index (Phi) is 7.05. The Hall–Kier alpha value is -1.95. The van der Waals surface area contributed by atoms with E-state index >= 15 is 0 Å². The zero-order chi connectivity index (χ0) is 32.4. The van der Waals surface area contributed by atoms with Crippen molar-refractivity contribution in [2.75, 3.05) is 13.7 Å². The minimum Gasteiger partial charge on any atom is -0.493 e. The van der Waals surface area contributed by atoms with Gasteiger partial charge in [-0.15, -0.1) is 0 Å². The van der Waals surface area contributed by atoms with Crippen LogP contribution in [0.2, 0.25) is 0 Å². The molecule has 1 aromatic carbocycles. The molecule has 1 aliphatic heterocycles. The number of fused-ring (bicyclic) bond motifs is 5. The molecule has 6 heteroatoms. The second kappa shape index (κ2) is 10.0. The third kappa shape index (κ3) is 4.25. The van der Waals surface area contributed by atoms with Gasteiger partial charge in [0.05, 0.1) is 19.8 Å². The molecule has 1 saturated heterocycles. The van der Waals surface area contributed by atoms with Gasteiger partial charge >= 0.3 is 6.61 Å². The number of halogens is 2. The lowest BCUT2D eigenvalue weighted by atomic mass is 9.31. The van der Waals surface area contributed by atoms with Crippen molar-refractivity contribution >= 4 is 11.9 Å². The van der Waals surface area contributed by atoms with Gasteiger partial charge in [0.2, 0.25) is 0 Å². The second-order valence-electron chi connectivity index (χ2n) is 18.0. The molecule has 1 aromatic rings. The zero-order valence-corrected chi connectivity index (χ0v) is 28.7. The zero-order valence-electron chi connectivity index (χ0n) is 28.7. The van der Waals surface area contributed by atoms with Crippen LogP contribution in [0, 0.1) is 56.2 Å². The van der Waals surface area contributed by atoms with Crippen LogP contribution in [0.15, 0.2) is 23.8 Å². The van der Waals surface area contributed by atoms with E-state index in [1.54, 1.807) is 12.1 Å². The predicted molar refractivity (Wildman–Crippen MR) is 172 cm³/mol. The Morgan fingerprint density at radius 1 is 0.889 bits per heavy atom. The summed E-state index contributed by atoms with van der Waals surface area (Å²) in [4.78, 5) is 14.2. The molecular formula is C39H54F2O4. The average Bonchev–Trinajstić information content (AvgIpc) is 3.30. The van der Waals surface area contributed by atoms with Gasteiger partial charge in [0, 0.05) is 5.41 Å². The van der Waals surface area contributed by atoms with Crippen molar-refractivity contribution in [1.82, 2.24) is 0 Å². The first-order valence-electron chi connectivity index (χ1n) is 17.5. The molecule has 1 heterocycles. The van der Waals surface area contributed by atoms with E-state index in [4.69, 9.17) is 9.47 Å². The molecule has 0 spiro atoms. The number of ketones is 1. The Bertz CT molecular complexity index is 1420. The number of ether oxygens (including phenoxy) is 3. The molecule has 6 fully saturated rings. The molecule has 4 nitrogen and oxygen atoms in total. The van der Waals surface area contributed by atoms with Crippen molar-refractivity contribution in [1.29, 1.82) is 0 Å². The number of hydrogen-bond acceptors (Lipinski definition) is 4.